The number of benzene rings is 2. The molecule has 4 aromatic rings. The fourth-order valence-electron chi connectivity index (χ4n) is 3.09. The molecule has 0 aliphatic rings. The lowest BCUT2D eigenvalue weighted by atomic mass is 10.1. The maximum absolute atomic E-state index is 13.3. The molecule has 7 heteroatoms. The molecule has 0 bridgehead atoms. The Kier molecular flexibility index (Phi) is 4.39. The van der Waals surface area contributed by atoms with Crippen LogP contribution in [0.1, 0.15) is 11.1 Å². The van der Waals surface area contributed by atoms with E-state index in [1.165, 1.54) is 12.1 Å². The van der Waals surface area contributed by atoms with Crippen molar-refractivity contribution in [3.8, 4) is 11.3 Å². The molecule has 142 valence electrons. The fourth-order valence-corrected chi connectivity index (χ4v) is 4.37. The monoisotopic (exact) mass is 395 g/mol. The van der Waals surface area contributed by atoms with Crippen molar-refractivity contribution in [1.29, 1.82) is 0 Å². The summed E-state index contributed by atoms with van der Waals surface area (Å²) < 4.78 is 43.2. The van der Waals surface area contributed by atoms with Crippen LogP contribution in [0.5, 0.6) is 0 Å². The van der Waals surface area contributed by atoms with Crippen molar-refractivity contribution in [2.45, 2.75) is 18.7 Å². The van der Waals surface area contributed by atoms with Gasteiger partial charge in [0.1, 0.15) is 11.5 Å². The van der Waals surface area contributed by atoms with Crippen molar-refractivity contribution in [3.63, 3.8) is 0 Å². The van der Waals surface area contributed by atoms with Crippen molar-refractivity contribution in [2.75, 3.05) is 4.72 Å². The third-order valence-electron chi connectivity index (χ3n) is 4.45. The number of imidazole rings is 1. The summed E-state index contributed by atoms with van der Waals surface area (Å²) in [6.45, 7) is 3.56. The van der Waals surface area contributed by atoms with E-state index in [2.05, 4.69) is 9.71 Å². The van der Waals surface area contributed by atoms with Gasteiger partial charge < -0.3 is 4.40 Å². The van der Waals surface area contributed by atoms with Gasteiger partial charge >= 0.3 is 0 Å². The van der Waals surface area contributed by atoms with Gasteiger partial charge in [0.15, 0.2) is 0 Å². The summed E-state index contributed by atoms with van der Waals surface area (Å²) in [6, 6.07) is 14.6. The zero-order chi connectivity index (χ0) is 19.9. The van der Waals surface area contributed by atoms with Crippen LogP contribution in [0.25, 0.3) is 16.9 Å². The smallest absolute Gasteiger partial charge is 0.262 e. The van der Waals surface area contributed by atoms with Gasteiger partial charge in [-0.25, -0.2) is 17.8 Å². The summed E-state index contributed by atoms with van der Waals surface area (Å²) in [5, 5.41) is 0. The summed E-state index contributed by atoms with van der Waals surface area (Å²) in [7, 11) is -3.83. The molecule has 5 nitrogen and oxygen atoms in total. The van der Waals surface area contributed by atoms with E-state index < -0.39 is 15.8 Å². The quantitative estimate of drug-likeness (QED) is 0.551. The molecule has 0 radical (unpaired) electrons. The van der Waals surface area contributed by atoms with Crippen LogP contribution in [-0.2, 0) is 10.0 Å². The molecule has 0 spiro atoms. The standard InChI is InChI=1S/C21H18FN3O2S/c1-14-8-9-25-13-19(23-21(25)10-14)16-4-3-5-18(12-16)24-28(26,27)20-7-6-17(22)11-15(20)2/h3-13,24H,1-2H3. The maximum Gasteiger partial charge on any atom is 0.262 e. The number of sulfonamides is 1. The second-order valence-corrected chi connectivity index (χ2v) is 8.34. The van der Waals surface area contributed by atoms with E-state index in [0.29, 0.717) is 11.3 Å². The largest absolute Gasteiger partial charge is 0.306 e. The molecular formula is C21H18FN3O2S. The second-order valence-electron chi connectivity index (χ2n) is 6.69. The Morgan fingerprint density at radius 3 is 2.64 bits per heavy atom. The van der Waals surface area contributed by atoms with Crippen LogP contribution < -0.4 is 4.72 Å². The van der Waals surface area contributed by atoms with Gasteiger partial charge in [0.05, 0.1) is 10.6 Å². The lowest BCUT2D eigenvalue weighted by molar-refractivity contribution is 0.598. The summed E-state index contributed by atoms with van der Waals surface area (Å²) in [5.41, 5.74) is 4.22. The summed E-state index contributed by atoms with van der Waals surface area (Å²) in [6.07, 6.45) is 3.83. The highest BCUT2D eigenvalue weighted by Crippen LogP contribution is 2.25. The molecule has 0 saturated heterocycles. The minimum Gasteiger partial charge on any atom is -0.306 e. The molecule has 0 aliphatic carbocycles. The molecule has 2 aromatic carbocycles. The van der Waals surface area contributed by atoms with Gasteiger partial charge in [-0.3, -0.25) is 4.72 Å². The number of hydrogen-bond donors (Lipinski definition) is 1. The number of fused-ring (bicyclic) bond motifs is 1. The second kappa shape index (κ2) is 6.76. The highest BCUT2D eigenvalue weighted by atomic mass is 32.2. The van der Waals surface area contributed by atoms with Gasteiger partial charge in [0.25, 0.3) is 10.0 Å². The van der Waals surface area contributed by atoms with Crippen molar-refractivity contribution in [2.24, 2.45) is 0 Å². The normalized spacial score (nSPS) is 11.7. The van der Waals surface area contributed by atoms with Crippen LogP contribution in [0, 0.1) is 19.7 Å². The molecule has 0 aliphatic heterocycles. The number of anilines is 1. The zero-order valence-corrected chi connectivity index (χ0v) is 16.2. The van der Waals surface area contributed by atoms with E-state index in [1.807, 2.05) is 41.9 Å². The summed E-state index contributed by atoms with van der Waals surface area (Å²) >= 11 is 0. The van der Waals surface area contributed by atoms with Crippen molar-refractivity contribution in [3.05, 3.63) is 83.9 Å². The van der Waals surface area contributed by atoms with Gasteiger partial charge in [0, 0.05) is 23.6 Å². The van der Waals surface area contributed by atoms with Gasteiger partial charge in [-0.2, -0.15) is 0 Å². The first-order chi connectivity index (χ1) is 13.3. The number of aryl methyl sites for hydroxylation is 2. The zero-order valence-electron chi connectivity index (χ0n) is 15.3. The van der Waals surface area contributed by atoms with E-state index in [1.54, 1.807) is 25.1 Å². The Hall–Kier alpha value is -3.19. The SMILES string of the molecule is Cc1ccn2cc(-c3cccc(NS(=O)(=O)c4ccc(F)cc4C)c3)nc2c1. The Morgan fingerprint density at radius 2 is 1.86 bits per heavy atom. The number of rotatable bonds is 4. The molecular weight excluding hydrogens is 377 g/mol. The number of nitrogens with zero attached hydrogens (tertiary/aromatic N) is 2. The number of aromatic nitrogens is 2. The molecule has 28 heavy (non-hydrogen) atoms. The predicted octanol–water partition coefficient (Wildman–Crippen LogP) is 4.56. The third kappa shape index (κ3) is 3.48. The minimum atomic E-state index is -3.83. The third-order valence-corrected chi connectivity index (χ3v) is 5.99. The molecule has 0 saturated carbocycles. The van der Waals surface area contributed by atoms with Crippen LogP contribution in [-0.4, -0.2) is 17.8 Å². The topological polar surface area (TPSA) is 63.5 Å². The molecule has 0 fully saturated rings. The van der Waals surface area contributed by atoms with E-state index >= 15 is 0 Å². The number of nitrogens with one attached hydrogen (secondary N) is 1. The van der Waals surface area contributed by atoms with Crippen LogP contribution in [0.2, 0.25) is 0 Å². The molecule has 2 heterocycles. The maximum atomic E-state index is 13.3. The van der Waals surface area contributed by atoms with Crippen LogP contribution >= 0.6 is 0 Å². The van der Waals surface area contributed by atoms with Crippen molar-refractivity contribution in [1.82, 2.24) is 9.38 Å². The minimum absolute atomic E-state index is 0.0440. The lowest BCUT2D eigenvalue weighted by Crippen LogP contribution is -2.14. The van der Waals surface area contributed by atoms with Crippen molar-refractivity contribution >= 4 is 21.4 Å². The number of hydrogen-bond acceptors (Lipinski definition) is 3. The fraction of sp³-hybridized carbons (Fsp3) is 0.0952. The van der Waals surface area contributed by atoms with E-state index in [-0.39, 0.29) is 4.90 Å². The highest BCUT2D eigenvalue weighted by Gasteiger charge is 2.18. The van der Waals surface area contributed by atoms with Gasteiger partial charge in [0.2, 0.25) is 0 Å². The Morgan fingerprint density at radius 1 is 1.04 bits per heavy atom. The molecule has 0 atom stereocenters. The van der Waals surface area contributed by atoms with Crippen LogP contribution in [0.15, 0.2) is 71.9 Å². The van der Waals surface area contributed by atoms with Gasteiger partial charge in [-0.15, -0.1) is 0 Å². The van der Waals surface area contributed by atoms with E-state index in [9.17, 15) is 12.8 Å². The van der Waals surface area contributed by atoms with E-state index in [4.69, 9.17) is 0 Å². The number of pyridine rings is 1. The first-order valence-corrected chi connectivity index (χ1v) is 10.1. The van der Waals surface area contributed by atoms with Crippen molar-refractivity contribution < 1.29 is 12.8 Å². The van der Waals surface area contributed by atoms with Crippen LogP contribution in [0.4, 0.5) is 10.1 Å². The molecule has 0 unspecified atom stereocenters. The predicted molar refractivity (Wildman–Crippen MR) is 107 cm³/mol. The molecule has 4 rings (SSSR count). The molecule has 2 aromatic heterocycles. The molecule has 0 amide bonds. The van der Waals surface area contributed by atoms with E-state index in [0.717, 1.165) is 28.5 Å². The summed E-state index contributed by atoms with van der Waals surface area (Å²) in [4.78, 5) is 4.65. The average molecular weight is 395 g/mol. The van der Waals surface area contributed by atoms with Gasteiger partial charge in [-0.05, 0) is 67.4 Å². The number of halogens is 1. The Bertz CT molecular complexity index is 1300. The Labute approximate surface area is 162 Å². The highest BCUT2D eigenvalue weighted by molar-refractivity contribution is 7.92. The Balaban J connectivity index is 1.68. The van der Waals surface area contributed by atoms with Crippen LogP contribution in [0.3, 0.4) is 0 Å². The summed E-state index contributed by atoms with van der Waals surface area (Å²) in [5.74, 6) is -0.472. The molecule has 1 N–H and O–H groups in total. The van der Waals surface area contributed by atoms with Gasteiger partial charge in [-0.1, -0.05) is 12.1 Å². The lowest BCUT2D eigenvalue weighted by Gasteiger charge is -2.11. The first kappa shape index (κ1) is 18.2. The first-order valence-electron chi connectivity index (χ1n) is 8.67. The average Bonchev–Trinajstić information content (AvgIpc) is 3.04.